The van der Waals surface area contributed by atoms with E-state index in [9.17, 15) is 18.3 Å². The van der Waals surface area contributed by atoms with Crippen molar-refractivity contribution in [2.75, 3.05) is 32.4 Å². The summed E-state index contributed by atoms with van der Waals surface area (Å²) in [6, 6.07) is 18.9. The smallest absolute Gasteiger partial charge is 0.408 e. The number of carbonyl (C=O) groups is 1. The molecule has 172 valence electrons. The molecular formula is C24H30N2O5S. The van der Waals surface area contributed by atoms with Crippen LogP contribution in [0.3, 0.4) is 0 Å². The summed E-state index contributed by atoms with van der Waals surface area (Å²) in [6.45, 7) is 3.85. The van der Waals surface area contributed by atoms with Crippen molar-refractivity contribution >= 4 is 16.2 Å². The van der Waals surface area contributed by atoms with Crippen LogP contribution in [0.4, 0.5) is 4.79 Å². The Bertz CT molecular complexity index is 1060. The molecule has 2 aromatic carbocycles. The lowest BCUT2D eigenvalue weighted by molar-refractivity contribution is -0.0422. The molecule has 7 nitrogen and oxygen atoms in total. The minimum atomic E-state index is -3.67. The second kappa shape index (κ2) is 8.84. The molecule has 2 bridgehead atoms. The molecule has 32 heavy (non-hydrogen) atoms. The molecule has 0 saturated carbocycles. The van der Waals surface area contributed by atoms with Crippen LogP contribution in [0.5, 0.6) is 0 Å². The first-order valence-electron chi connectivity index (χ1n) is 11.0. The summed E-state index contributed by atoms with van der Waals surface area (Å²) in [5.74, 6) is 0.864. The van der Waals surface area contributed by atoms with Crippen molar-refractivity contribution in [3.8, 4) is 0 Å². The summed E-state index contributed by atoms with van der Waals surface area (Å²) in [4.78, 5) is 16.8. The number of carboxylic acid groups (broad SMARTS) is 1. The third kappa shape index (κ3) is 4.27. The van der Waals surface area contributed by atoms with E-state index in [2.05, 4.69) is 53.4 Å². The molecule has 3 saturated heterocycles. The third-order valence-corrected chi connectivity index (χ3v) is 7.10. The van der Waals surface area contributed by atoms with E-state index in [0.29, 0.717) is 24.6 Å². The van der Waals surface area contributed by atoms with Gasteiger partial charge in [-0.1, -0.05) is 54.6 Å². The Morgan fingerprint density at radius 2 is 1.59 bits per heavy atom. The van der Waals surface area contributed by atoms with Crippen molar-refractivity contribution < 1.29 is 22.9 Å². The van der Waals surface area contributed by atoms with E-state index in [1.165, 1.54) is 24.0 Å². The molecule has 2 atom stereocenters. The number of fused-ring (bicyclic) bond motifs is 4. The van der Waals surface area contributed by atoms with Crippen LogP contribution in [-0.4, -0.2) is 66.4 Å². The molecule has 4 heterocycles. The zero-order valence-corrected chi connectivity index (χ0v) is 19.0. The van der Waals surface area contributed by atoms with Gasteiger partial charge in [-0.2, -0.15) is 8.42 Å². The van der Waals surface area contributed by atoms with E-state index >= 15 is 0 Å². The fraction of sp³-hybridized carbons (Fsp3) is 0.458. The molecule has 0 aliphatic carbocycles. The SMILES string of the molecule is CS(=O)(=O)O.O=C(O)N1CCc2ccccc2[C@]1(c1ccccc1)[C@H]1CN2CCC1CC2. The number of amides is 1. The van der Waals surface area contributed by atoms with Crippen molar-refractivity contribution in [3.05, 3.63) is 71.3 Å². The third-order valence-electron chi connectivity index (χ3n) is 7.10. The standard InChI is InChI=1S/C23H26N2O2.CH4O3S/c26-22(27)25-15-12-17-6-4-5-9-20(17)23(25,19-7-2-1-3-8-19)21-16-24-13-10-18(21)11-14-24;1-5(2,3)4/h1-9,18,21H,10-16H2,(H,26,27);1H3,(H,2,3,4)/t21-,23+;/m0./s1. The van der Waals surface area contributed by atoms with Crippen LogP contribution in [0.15, 0.2) is 54.6 Å². The van der Waals surface area contributed by atoms with Gasteiger partial charge in [0, 0.05) is 19.0 Å². The fourth-order valence-electron chi connectivity index (χ4n) is 5.97. The van der Waals surface area contributed by atoms with Gasteiger partial charge in [-0.15, -0.1) is 0 Å². The Morgan fingerprint density at radius 3 is 2.16 bits per heavy atom. The molecular weight excluding hydrogens is 428 g/mol. The van der Waals surface area contributed by atoms with E-state index < -0.39 is 21.8 Å². The van der Waals surface area contributed by atoms with Gasteiger partial charge in [0.15, 0.2) is 0 Å². The average Bonchev–Trinajstić information content (AvgIpc) is 2.78. The number of nitrogens with zero attached hydrogens (tertiary/aromatic N) is 2. The zero-order valence-electron chi connectivity index (χ0n) is 18.2. The molecule has 2 N–H and O–H groups in total. The quantitative estimate of drug-likeness (QED) is 0.670. The van der Waals surface area contributed by atoms with Gasteiger partial charge in [-0.25, -0.2) is 4.79 Å². The maximum atomic E-state index is 12.5. The van der Waals surface area contributed by atoms with E-state index in [0.717, 1.165) is 31.6 Å². The number of hydrogen-bond donors (Lipinski definition) is 2. The number of benzene rings is 2. The predicted octanol–water partition coefficient (Wildman–Crippen LogP) is 3.31. The first-order valence-corrected chi connectivity index (χ1v) is 12.9. The molecule has 0 radical (unpaired) electrons. The van der Waals surface area contributed by atoms with E-state index in [1.54, 1.807) is 4.90 Å². The van der Waals surface area contributed by atoms with E-state index in [4.69, 9.17) is 4.55 Å². The van der Waals surface area contributed by atoms with Crippen molar-refractivity contribution in [2.45, 2.75) is 24.8 Å². The van der Waals surface area contributed by atoms with Gasteiger partial charge < -0.3 is 10.0 Å². The highest BCUT2D eigenvalue weighted by molar-refractivity contribution is 7.85. The minimum absolute atomic E-state index is 0.292. The van der Waals surface area contributed by atoms with Gasteiger partial charge in [0.2, 0.25) is 0 Å². The lowest BCUT2D eigenvalue weighted by Gasteiger charge is -2.58. The molecule has 3 fully saturated rings. The lowest BCUT2D eigenvalue weighted by Crippen LogP contribution is -2.64. The van der Waals surface area contributed by atoms with Gasteiger partial charge in [-0.05, 0) is 55.0 Å². The van der Waals surface area contributed by atoms with Crippen molar-refractivity contribution in [2.24, 2.45) is 11.8 Å². The monoisotopic (exact) mass is 458 g/mol. The lowest BCUT2D eigenvalue weighted by atomic mass is 9.60. The van der Waals surface area contributed by atoms with Gasteiger partial charge in [0.05, 0.1) is 6.26 Å². The summed E-state index contributed by atoms with van der Waals surface area (Å²) >= 11 is 0. The van der Waals surface area contributed by atoms with E-state index in [-0.39, 0.29) is 0 Å². The highest BCUT2D eigenvalue weighted by atomic mass is 32.2. The van der Waals surface area contributed by atoms with Gasteiger partial charge >= 0.3 is 6.09 Å². The van der Waals surface area contributed by atoms with Crippen molar-refractivity contribution in [1.82, 2.24) is 9.80 Å². The van der Waals surface area contributed by atoms with Crippen molar-refractivity contribution in [1.29, 1.82) is 0 Å². The Labute approximate surface area is 189 Å². The van der Waals surface area contributed by atoms with Crippen LogP contribution in [0.1, 0.15) is 29.5 Å². The highest BCUT2D eigenvalue weighted by Gasteiger charge is 2.56. The molecule has 2 aromatic rings. The second-order valence-corrected chi connectivity index (χ2v) is 10.4. The average molecular weight is 459 g/mol. The normalized spacial score (nSPS) is 28.9. The molecule has 8 heteroatoms. The first kappa shape index (κ1) is 22.8. The summed E-state index contributed by atoms with van der Waals surface area (Å²) in [5, 5.41) is 10.3. The number of hydrogen-bond acceptors (Lipinski definition) is 4. The van der Waals surface area contributed by atoms with E-state index in [1.807, 2.05) is 6.07 Å². The predicted molar refractivity (Wildman–Crippen MR) is 122 cm³/mol. The van der Waals surface area contributed by atoms with Gasteiger partial charge in [0.25, 0.3) is 10.1 Å². The molecule has 6 rings (SSSR count). The fourth-order valence-corrected chi connectivity index (χ4v) is 5.97. The maximum absolute atomic E-state index is 12.5. The molecule has 0 spiro atoms. The summed E-state index contributed by atoms with van der Waals surface area (Å²) in [5.41, 5.74) is 3.03. The molecule has 4 aliphatic heterocycles. The topological polar surface area (TPSA) is 98.1 Å². The van der Waals surface area contributed by atoms with Crippen LogP contribution < -0.4 is 0 Å². The zero-order chi connectivity index (χ0) is 22.9. The van der Waals surface area contributed by atoms with Crippen LogP contribution in [0, 0.1) is 11.8 Å². The summed E-state index contributed by atoms with van der Waals surface area (Å²) in [6.07, 6.45) is 3.05. The molecule has 1 amide bonds. The van der Waals surface area contributed by atoms with Crippen LogP contribution in [-0.2, 0) is 22.1 Å². The largest absolute Gasteiger partial charge is 0.465 e. The van der Waals surface area contributed by atoms with Crippen molar-refractivity contribution in [3.63, 3.8) is 0 Å². The molecule has 0 unspecified atom stereocenters. The first-order chi connectivity index (χ1) is 15.2. The van der Waals surface area contributed by atoms with Crippen LogP contribution in [0.2, 0.25) is 0 Å². The van der Waals surface area contributed by atoms with Gasteiger partial charge in [-0.3, -0.25) is 9.45 Å². The highest BCUT2D eigenvalue weighted by Crippen LogP contribution is 2.52. The Hall–Kier alpha value is -2.42. The molecule has 0 aromatic heterocycles. The second-order valence-electron chi connectivity index (χ2n) is 8.95. The molecule has 4 aliphatic rings. The van der Waals surface area contributed by atoms with Crippen LogP contribution >= 0.6 is 0 Å². The minimum Gasteiger partial charge on any atom is -0.465 e. The summed E-state index contributed by atoms with van der Waals surface area (Å²) < 4.78 is 25.9. The Morgan fingerprint density at radius 1 is 1.00 bits per heavy atom. The number of rotatable bonds is 2. The Kier molecular flexibility index (Phi) is 6.29. The Balaban J connectivity index is 0.000000444. The maximum Gasteiger partial charge on any atom is 0.408 e. The number of piperidine rings is 3. The van der Waals surface area contributed by atoms with Gasteiger partial charge in [0.1, 0.15) is 5.54 Å². The van der Waals surface area contributed by atoms with Crippen LogP contribution in [0.25, 0.3) is 0 Å². The summed E-state index contributed by atoms with van der Waals surface area (Å²) in [7, 11) is -3.67.